The van der Waals surface area contributed by atoms with E-state index in [9.17, 15) is 9.18 Å². The predicted molar refractivity (Wildman–Crippen MR) is 83.7 cm³/mol. The molecule has 0 spiro atoms. The minimum absolute atomic E-state index is 0.0953. The second kappa shape index (κ2) is 7.17. The molecule has 0 aliphatic heterocycles. The van der Waals surface area contributed by atoms with Crippen molar-refractivity contribution < 1.29 is 9.18 Å². The molecule has 0 unspecified atom stereocenters. The molecule has 1 aromatic heterocycles. The average Bonchev–Trinajstić information content (AvgIpc) is 2.49. The third-order valence-corrected chi connectivity index (χ3v) is 3.32. The second-order valence-electron chi connectivity index (χ2n) is 4.82. The largest absolute Gasteiger partial charge is 0.367 e. The van der Waals surface area contributed by atoms with E-state index in [2.05, 4.69) is 20.8 Å². The molecule has 1 heterocycles. The van der Waals surface area contributed by atoms with E-state index in [4.69, 9.17) is 11.6 Å². The van der Waals surface area contributed by atoms with Gasteiger partial charge in [0.25, 0.3) is 5.91 Å². The number of nitrogens with zero attached hydrogens (tertiary/aromatic N) is 2. The van der Waals surface area contributed by atoms with Crippen molar-refractivity contribution in [1.82, 2.24) is 15.5 Å². The van der Waals surface area contributed by atoms with E-state index in [1.807, 2.05) is 19.1 Å². The van der Waals surface area contributed by atoms with Gasteiger partial charge in [-0.2, -0.15) is 5.10 Å². The van der Waals surface area contributed by atoms with Gasteiger partial charge in [-0.25, -0.2) is 4.39 Å². The van der Waals surface area contributed by atoms with Gasteiger partial charge in [-0.15, -0.1) is 5.10 Å². The molecule has 1 amide bonds. The molecule has 0 saturated heterocycles. The molecule has 2 aromatic rings. The smallest absolute Gasteiger partial charge is 0.252 e. The number of rotatable bonds is 5. The minimum Gasteiger partial charge on any atom is -0.367 e. The molecule has 0 aliphatic carbocycles. The van der Waals surface area contributed by atoms with Gasteiger partial charge in [-0.05, 0) is 43.7 Å². The van der Waals surface area contributed by atoms with Crippen LogP contribution in [0.3, 0.4) is 0 Å². The molecular weight excluding hydrogens is 307 g/mol. The Labute approximate surface area is 132 Å². The lowest BCUT2D eigenvalue weighted by atomic mass is 10.1. The maximum atomic E-state index is 13.3. The van der Waals surface area contributed by atoms with Crippen molar-refractivity contribution in [2.45, 2.75) is 13.8 Å². The number of nitrogens with one attached hydrogen (secondary N) is 2. The van der Waals surface area contributed by atoms with Crippen LogP contribution in [0.4, 0.5) is 10.2 Å². The van der Waals surface area contributed by atoms with Crippen molar-refractivity contribution in [3.05, 3.63) is 51.9 Å². The SMILES string of the molecule is Cc1ccc(NCCNC(=O)c2cc(C)c(F)cc2Cl)nn1. The van der Waals surface area contributed by atoms with Gasteiger partial charge in [0, 0.05) is 13.1 Å². The van der Waals surface area contributed by atoms with E-state index in [0.29, 0.717) is 24.5 Å². The number of carbonyl (C=O) groups excluding carboxylic acids is 1. The third kappa shape index (κ3) is 4.14. The number of benzene rings is 1. The molecule has 0 saturated carbocycles. The first kappa shape index (κ1) is 16.2. The monoisotopic (exact) mass is 322 g/mol. The maximum absolute atomic E-state index is 13.3. The Morgan fingerprint density at radius 3 is 2.68 bits per heavy atom. The maximum Gasteiger partial charge on any atom is 0.252 e. The van der Waals surface area contributed by atoms with Crippen LogP contribution >= 0.6 is 11.6 Å². The lowest BCUT2D eigenvalue weighted by Gasteiger charge is -2.09. The Kier molecular flexibility index (Phi) is 5.27. The van der Waals surface area contributed by atoms with Gasteiger partial charge in [0.15, 0.2) is 0 Å². The highest BCUT2D eigenvalue weighted by molar-refractivity contribution is 6.33. The molecule has 0 bridgehead atoms. The number of aromatic nitrogens is 2. The summed E-state index contributed by atoms with van der Waals surface area (Å²) >= 11 is 5.89. The van der Waals surface area contributed by atoms with Crippen molar-refractivity contribution in [3.8, 4) is 0 Å². The average molecular weight is 323 g/mol. The lowest BCUT2D eigenvalue weighted by Crippen LogP contribution is -2.29. The first-order chi connectivity index (χ1) is 10.5. The van der Waals surface area contributed by atoms with Crippen molar-refractivity contribution >= 4 is 23.3 Å². The van der Waals surface area contributed by atoms with Gasteiger partial charge in [0.05, 0.1) is 16.3 Å². The highest BCUT2D eigenvalue weighted by Crippen LogP contribution is 2.20. The van der Waals surface area contributed by atoms with Crippen LogP contribution < -0.4 is 10.6 Å². The van der Waals surface area contributed by atoms with Gasteiger partial charge in [-0.1, -0.05) is 11.6 Å². The number of aryl methyl sites for hydroxylation is 2. The molecule has 1 aromatic carbocycles. The van der Waals surface area contributed by atoms with E-state index in [1.165, 1.54) is 6.07 Å². The summed E-state index contributed by atoms with van der Waals surface area (Å²) in [5.74, 6) is -0.137. The van der Waals surface area contributed by atoms with Gasteiger partial charge in [-0.3, -0.25) is 4.79 Å². The summed E-state index contributed by atoms with van der Waals surface area (Å²) in [6, 6.07) is 6.23. The third-order valence-electron chi connectivity index (χ3n) is 3.01. The molecule has 22 heavy (non-hydrogen) atoms. The summed E-state index contributed by atoms with van der Waals surface area (Å²) in [6.07, 6.45) is 0. The van der Waals surface area contributed by atoms with E-state index < -0.39 is 5.82 Å². The van der Waals surface area contributed by atoms with E-state index >= 15 is 0 Å². The summed E-state index contributed by atoms with van der Waals surface area (Å²) in [5.41, 5.74) is 1.47. The number of halogens is 2. The Bertz CT molecular complexity index is 676. The van der Waals surface area contributed by atoms with Gasteiger partial charge < -0.3 is 10.6 Å². The number of carbonyl (C=O) groups is 1. The number of hydrogen-bond donors (Lipinski definition) is 2. The summed E-state index contributed by atoms with van der Waals surface area (Å²) in [7, 11) is 0. The van der Waals surface area contributed by atoms with E-state index in [0.717, 1.165) is 11.8 Å². The fourth-order valence-corrected chi connectivity index (χ4v) is 2.02. The zero-order valence-corrected chi connectivity index (χ0v) is 13.0. The summed E-state index contributed by atoms with van der Waals surface area (Å²) in [5, 5.41) is 13.7. The quantitative estimate of drug-likeness (QED) is 0.831. The number of amides is 1. The van der Waals surface area contributed by atoms with Crippen LogP contribution in [0.1, 0.15) is 21.6 Å². The van der Waals surface area contributed by atoms with Crippen LogP contribution in [0, 0.1) is 19.7 Å². The van der Waals surface area contributed by atoms with E-state index in [-0.39, 0.29) is 16.5 Å². The van der Waals surface area contributed by atoms with Crippen LogP contribution in [0.25, 0.3) is 0 Å². The second-order valence-corrected chi connectivity index (χ2v) is 5.23. The molecule has 7 heteroatoms. The normalized spacial score (nSPS) is 10.4. The Morgan fingerprint density at radius 1 is 1.23 bits per heavy atom. The van der Waals surface area contributed by atoms with Crippen LogP contribution in [-0.4, -0.2) is 29.2 Å². The Hall–Kier alpha value is -2.21. The highest BCUT2D eigenvalue weighted by atomic mass is 35.5. The molecule has 0 atom stereocenters. The Balaban J connectivity index is 1.85. The van der Waals surface area contributed by atoms with Gasteiger partial charge >= 0.3 is 0 Å². The van der Waals surface area contributed by atoms with Gasteiger partial charge in [0.1, 0.15) is 11.6 Å². The van der Waals surface area contributed by atoms with Crippen molar-refractivity contribution in [2.24, 2.45) is 0 Å². The molecule has 116 valence electrons. The van der Waals surface area contributed by atoms with Crippen LogP contribution in [0.2, 0.25) is 5.02 Å². The standard InChI is InChI=1S/C15H16ClFN4O/c1-9-7-11(12(16)8-13(9)17)15(22)19-6-5-18-14-4-3-10(2)20-21-14/h3-4,7-8H,5-6H2,1-2H3,(H,18,21)(H,19,22). The molecule has 0 fully saturated rings. The highest BCUT2D eigenvalue weighted by Gasteiger charge is 2.12. The van der Waals surface area contributed by atoms with Crippen molar-refractivity contribution in [2.75, 3.05) is 18.4 Å². The zero-order valence-electron chi connectivity index (χ0n) is 12.3. The molecular formula is C15H16ClFN4O. The fraction of sp³-hybridized carbons (Fsp3) is 0.267. The molecule has 0 aliphatic rings. The fourth-order valence-electron chi connectivity index (χ4n) is 1.79. The number of hydrogen-bond acceptors (Lipinski definition) is 4. The summed E-state index contributed by atoms with van der Waals surface area (Å²) in [4.78, 5) is 12.0. The summed E-state index contributed by atoms with van der Waals surface area (Å²) in [6.45, 7) is 4.30. The molecule has 2 rings (SSSR count). The van der Waals surface area contributed by atoms with Crippen molar-refractivity contribution in [1.29, 1.82) is 0 Å². The van der Waals surface area contributed by atoms with Crippen LogP contribution in [0.15, 0.2) is 24.3 Å². The lowest BCUT2D eigenvalue weighted by molar-refractivity contribution is 0.0955. The van der Waals surface area contributed by atoms with Crippen LogP contribution in [-0.2, 0) is 0 Å². The zero-order chi connectivity index (χ0) is 16.1. The molecule has 5 nitrogen and oxygen atoms in total. The predicted octanol–water partition coefficient (Wildman–Crippen LogP) is 2.73. The topological polar surface area (TPSA) is 66.9 Å². The van der Waals surface area contributed by atoms with Crippen LogP contribution in [0.5, 0.6) is 0 Å². The molecule has 0 radical (unpaired) electrons. The minimum atomic E-state index is -0.429. The Morgan fingerprint density at radius 2 is 2.00 bits per heavy atom. The van der Waals surface area contributed by atoms with Crippen molar-refractivity contribution in [3.63, 3.8) is 0 Å². The van der Waals surface area contributed by atoms with E-state index in [1.54, 1.807) is 6.92 Å². The summed E-state index contributed by atoms with van der Waals surface area (Å²) < 4.78 is 13.3. The molecule has 2 N–H and O–H groups in total. The number of anilines is 1. The first-order valence-corrected chi connectivity index (χ1v) is 7.13. The first-order valence-electron chi connectivity index (χ1n) is 6.75. The van der Waals surface area contributed by atoms with Gasteiger partial charge in [0.2, 0.25) is 0 Å².